The van der Waals surface area contributed by atoms with Crippen molar-refractivity contribution < 1.29 is 4.52 Å². The molecule has 0 fully saturated rings. The van der Waals surface area contributed by atoms with Crippen LogP contribution >= 0.6 is 0 Å². The van der Waals surface area contributed by atoms with E-state index in [2.05, 4.69) is 4.52 Å². The quantitative estimate of drug-likeness (QED) is 0.600. The number of rotatable bonds is 1. The van der Waals surface area contributed by atoms with Crippen molar-refractivity contribution in [1.29, 1.82) is 0 Å². The van der Waals surface area contributed by atoms with Crippen LogP contribution in [0.25, 0.3) is 0 Å². The van der Waals surface area contributed by atoms with Crippen molar-refractivity contribution in [2.24, 2.45) is 12.8 Å². The third-order valence-electron chi connectivity index (χ3n) is 1.32. The van der Waals surface area contributed by atoms with Gasteiger partial charge in [0.05, 0.1) is 5.69 Å². The van der Waals surface area contributed by atoms with Crippen LogP contribution in [0.5, 0.6) is 0 Å². The second-order valence-electron chi connectivity index (χ2n) is 2.27. The summed E-state index contributed by atoms with van der Waals surface area (Å²) in [6, 6.07) is 1.24. The van der Waals surface area contributed by atoms with Gasteiger partial charge in [-0.3, -0.25) is 0 Å². The van der Waals surface area contributed by atoms with Crippen LogP contribution in [0.1, 0.15) is 18.7 Å². The Morgan fingerprint density at radius 2 is 2.40 bits per heavy atom. The minimum absolute atomic E-state index is 0.156. The highest BCUT2D eigenvalue weighted by molar-refractivity contribution is 5.02. The summed E-state index contributed by atoms with van der Waals surface area (Å²) in [7, 11) is 1.65. The zero-order chi connectivity index (χ0) is 7.72. The molecule has 0 aliphatic carbocycles. The first-order valence-electron chi connectivity index (χ1n) is 3.04. The van der Waals surface area contributed by atoms with Crippen LogP contribution in [0.2, 0.25) is 0 Å². The molecule has 10 heavy (non-hydrogen) atoms. The Morgan fingerprint density at radius 1 is 1.80 bits per heavy atom. The fraction of sp³-hybridized carbons (Fsp3) is 0.500. The second kappa shape index (κ2) is 2.30. The maximum Gasteiger partial charge on any atom is 0.357 e. The number of nitrogens with two attached hydrogens (primary N) is 1. The van der Waals surface area contributed by atoms with Crippen LogP contribution in [0.4, 0.5) is 0 Å². The van der Waals surface area contributed by atoms with E-state index in [1.165, 1.54) is 10.8 Å². The summed E-state index contributed by atoms with van der Waals surface area (Å²) in [5.41, 5.74) is 5.87. The third-order valence-corrected chi connectivity index (χ3v) is 1.32. The summed E-state index contributed by atoms with van der Waals surface area (Å²) in [5.74, 6) is 0. The fourth-order valence-corrected chi connectivity index (χ4v) is 0.844. The third kappa shape index (κ3) is 1.11. The molecule has 1 atom stereocenters. The van der Waals surface area contributed by atoms with Gasteiger partial charge in [0, 0.05) is 19.2 Å². The fourth-order valence-electron chi connectivity index (χ4n) is 0.844. The molecule has 0 aliphatic rings. The Hall–Kier alpha value is -1.03. The Morgan fingerprint density at radius 3 is 2.60 bits per heavy atom. The number of hydrogen-bond donors (Lipinski definition) is 1. The zero-order valence-corrected chi connectivity index (χ0v) is 6.00. The molecule has 0 saturated carbocycles. The van der Waals surface area contributed by atoms with Gasteiger partial charge in [-0.05, 0) is 6.92 Å². The van der Waals surface area contributed by atoms with E-state index in [-0.39, 0.29) is 11.7 Å². The number of aromatic nitrogens is 1. The maximum atomic E-state index is 10.6. The van der Waals surface area contributed by atoms with Gasteiger partial charge in [-0.1, -0.05) is 0 Å². The van der Waals surface area contributed by atoms with E-state index in [0.29, 0.717) is 5.69 Å². The highest BCUT2D eigenvalue weighted by Crippen LogP contribution is 2.04. The highest BCUT2D eigenvalue weighted by Gasteiger charge is 2.06. The van der Waals surface area contributed by atoms with E-state index in [0.717, 1.165) is 0 Å². The molecule has 1 aromatic heterocycles. The largest absolute Gasteiger partial charge is 0.357 e. The smallest absolute Gasteiger partial charge is 0.336 e. The Balaban J connectivity index is 3.15. The summed E-state index contributed by atoms with van der Waals surface area (Å²) in [6.07, 6.45) is 0. The average Bonchev–Trinajstić information content (AvgIpc) is 2.10. The van der Waals surface area contributed by atoms with Crippen LogP contribution in [0, 0.1) is 0 Å². The van der Waals surface area contributed by atoms with Crippen LogP contribution in [0.3, 0.4) is 0 Å². The first-order valence-corrected chi connectivity index (χ1v) is 3.04. The van der Waals surface area contributed by atoms with Crippen LogP contribution in [-0.4, -0.2) is 4.74 Å². The monoisotopic (exact) mass is 142 g/mol. The minimum Gasteiger partial charge on any atom is -0.336 e. The molecule has 0 saturated heterocycles. The molecule has 0 radical (unpaired) electrons. The summed E-state index contributed by atoms with van der Waals surface area (Å²) >= 11 is 0. The summed E-state index contributed by atoms with van der Waals surface area (Å²) in [4.78, 5) is 10.6. The van der Waals surface area contributed by atoms with Crippen molar-refractivity contribution in [2.75, 3.05) is 0 Å². The number of hydrogen-bond acceptors (Lipinski definition) is 3. The van der Waals surface area contributed by atoms with Crippen molar-refractivity contribution in [3.05, 3.63) is 22.2 Å². The van der Waals surface area contributed by atoms with E-state index in [1.54, 1.807) is 14.0 Å². The van der Waals surface area contributed by atoms with Gasteiger partial charge in [0.25, 0.3) is 0 Å². The lowest BCUT2D eigenvalue weighted by Crippen LogP contribution is -2.09. The molecular weight excluding hydrogens is 132 g/mol. The predicted octanol–water partition coefficient (Wildman–Crippen LogP) is -0.00200. The molecule has 2 N–H and O–H groups in total. The summed E-state index contributed by atoms with van der Waals surface area (Å²) < 4.78 is 6.04. The lowest BCUT2D eigenvalue weighted by molar-refractivity contribution is 0.273. The maximum absolute atomic E-state index is 10.6. The Bertz CT molecular complexity index is 272. The first kappa shape index (κ1) is 7.08. The van der Waals surface area contributed by atoms with Gasteiger partial charge in [-0.2, -0.15) is 0 Å². The van der Waals surface area contributed by atoms with E-state index in [4.69, 9.17) is 5.73 Å². The van der Waals surface area contributed by atoms with E-state index in [9.17, 15) is 4.79 Å². The number of nitrogens with zero attached hydrogens (tertiary/aromatic N) is 1. The molecule has 0 aromatic carbocycles. The lowest BCUT2D eigenvalue weighted by Gasteiger charge is -2.01. The van der Waals surface area contributed by atoms with E-state index >= 15 is 0 Å². The van der Waals surface area contributed by atoms with Crippen molar-refractivity contribution in [1.82, 2.24) is 4.74 Å². The molecule has 0 amide bonds. The van der Waals surface area contributed by atoms with Crippen LogP contribution < -0.4 is 11.4 Å². The first-order chi connectivity index (χ1) is 4.61. The minimum atomic E-state index is -0.352. The van der Waals surface area contributed by atoms with E-state index < -0.39 is 0 Å². The normalized spacial score (nSPS) is 13.5. The molecule has 4 nitrogen and oxygen atoms in total. The molecule has 4 heteroatoms. The van der Waals surface area contributed by atoms with Gasteiger partial charge in [0.15, 0.2) is 0 Å². The SMILES string of the molecule is CC(N)c1cc(=O)on1C. The van der Waals surface area contributed by atoms with Gasteiger partial charge in [0.1, 0.15) is 0 Å². The topological polar surface area (TPSA) is 61.2 Å². The van der Waals surface area contributed by atoms with Crippen molar-refractivity contribution in [3.8, 4) is 0 Å². The summed E-state index contributed by atoms with van der Waals surface area (Å²) in [6.45, 7) is 1.80. The van der Waals surface area contributed by atoms with Gasteiger partial charge < -0.3 is 10.3 Å². The van der Waals surface area contributed by atoms with E-state index in [1.807, 2.05) is 0 Å². The van der Waals surface area contributed by atoms with Gasteiger partial charge in [-0.15, -0.1) is 0 Å². The van der Waals surface area contributed by atoms with Crippen molar-refractivity contribution in [2.45, 2.75) is 13.0 Å². The molecule has 56 valence electrons. The molecule has 0 bridgehead atoms. The lowest BCUT2D eigenvalue weighted by atomic mass is 10.2. The molecular formula is C6H10N2O2. The van der Waals surface area contributed by atoms with Crippen molar-refractivity contribution in [3.63, 3.8) is 0 Å². The average molecular weight is 142 g/mol. The van der Waals surface area contributed by atoms with Gasteiger partial charge in [0.2, 0.25) is 0 Å². The molecule has 1 rings (SSSR count). The highest BCUT2D eigenvalue weighted by atomic mass is 16.5. The van der Waals surface area contributed by atoms with Gasteiger partial charge in [-0.25, -0.2) is 9.53 Å². The zero-order valence-electron chi connectivity index (χ0n) is 6.00. The summed E-state index contributed by atoms with van der Waals surface area (Å²) in [5, 5.41) is 0. The van der Waals surface area contributed by atoms with Crippen LogP contribution in [0.15, 0.2) is 15.4 Å². The van der Waals surface area contributed by atoms with Crippen molar-refractivity contribution >= 4 is 0 Å². The second-order valence-corrected chi connectivity index (χ2v) is 2.27. The molecule has 1 aromatic rings. The molecule has 1 unspecified atom stereocenters. The predicted molar refractivity (Wildman–Crippen MR) is 36.6 cm³/mol. The molecule has 1 heterocycles. The molecule has 0 spiro atoms. The number of aryl methyl sites for hydroxylation is 1. The Kier molecular flexibility index (Phi) is 1.63. The van der Waals surface area contributed by atoms with Gasteiger partial charge >= 0.3 is 5.63 Å². The molecule has 0 aliphatic heterocycles. The Labute approximate surface area is 58.2 Å². The van der Waals surface area contributed by atoms with Crippen LogP contribution in [-0.2, 0) is 7.05 Å². The standard InChI is InChI=1S/C6H10N2O2/c1-4(7)5-3-6(9)10-8(5)2/h3-4H,7H2,1-2H3.